The van der Waals surface area contributed by atoms with Gasteiger partial charge in [-0.25, -0.2) is 12.8 Å². The fourth-order valence-corrected chi connectivity index (χ4v) is 2.80. The number of hydrogen-bond donors (Lipinski definition) is 1. The Hall–Kier alpha value is -1.59. The van der Waals surface area contributed by atoms with Gasteiger partial charge in [0.15, 0.2) is 0 Å². The van der Waals surface area contributed by atoms with Crippen molar-refractivity contribution < 1.29 is 12.8 Å². The first-order valence-electron chi connectivity index (χ1n) is 5.43. The number of anilines is 1. The highest BCUT2D eigenvalue weighted by Crippen LogP contribution is 2.21. The topological polar surface area (TPSA) is 46.2 Å². The smallest absolute Gasteiger partial charge is 0.261 e. The number of sulfonamides is 1. The van der Waals surface area contributed by atoms with Crippen LogP contribution >= 0.6 is 11.6 Å². The molecule has 3 nitrogen and oxygen atoms in total. The van der Waals surface area contributed by atoms with Gasteiger partial charge < -0.3 is 0 Å². The van der Waals surface area contributed by atoms with Crippen LogP contribution in [0.15, 0.2) is 47.4 Å². The molecular weight excluding hydrogens is 289 g/mol. The Kier molecular flexibility index (Phi) is 3.78. The molecule has 1 N–H and O–H groups in total. The highest BCUT2D eigenvalue weighted by atomic mass is 35.5. The second-order valence-electron chi connectivity index (χ2n) is 4.03. The first kappa shape index (κ1) is 13.8. The maximum absolute atomic E-state index is 13.0. The summed E-state index contributed by atoms with van der Waals surface area (Å²) in [6, 6.07) is 9.63. The Bertz CT molecular complexity index is 716. The number of nitrogens with one attached hydrogen (secondary N) is 1. The van der Waals surface area contributed by atoms with E-state index in [1.165, 1.54) is 36.4 Å². The molecule has 0 unspecified atom stereocenters. The van der Waals surface area contributed by atoms with Crippen LogP contribution in [0.25, 0.3) is 0 Å². The number of halogens is 2. The summed E-state index contributed by atoms with van der Waals surface area (Å²) in [6.07, 6.45) is 0. The molecule has 0 atom stereocenters. The fraction of sp³-hybridized carbons (Fsp3) is 0.0769. The van der Waals surface area contributed by atoms with Crippen molar-refractivity contribution in [1.82, 2.24) is 0 Å². The summed E-state index contributed by atoms with van der Waals surface area (Å²) < 4.78 is 39.5. The van der Waals surface area contributed by atoms with Crippen molar-refractivity contribution in [3.8, 4) is 0 Å². The van der Waals surface area contributed by atoms with E-state index in [9.17, 15) is 12.8 Å². The largest absolute Gasteiger partial charge is 0.280 e. The van der Waals surface area contributed by atoms with Crippen LogP contribution in [0.1, 0.15) is 5.56 Å². The first-order valence-corrected chi connectivity index (χ1v) is 7.29. The molecular formula is C13H11ClFNO2S. The lowest BCUT2D eigenvalue weighted by atomic mass is 10.2. The molecule has 0 aliphatic rings. The van der Waals surface area contributed by atoms with Gasteiger partial charge in [0.2, 0.25) is 0 Å². The third-order valence-electron chi connectivity index (χ3n) is 2.52. The van der Waals surface area contributed by atoms with E-state index >= 15 is 0 Å². The molecule has 0 fully saturated rings. The van der Waals surface area contributed by atoms with Gasteiger partial charge in [-0.05, 0) is 48.9 Å². The predicted molar refractivity (Wildman–Crippen MR) is 73.4 cm³/mol. The molecule has 0 saturated heterocycles. The SMILES string of the molecule is Cc1cc(S(=O)(=O)Nc2cccc(F)c2)ccc1Cl. The minimum Gasteiger partial charge on any atom is -0.280 e. The van der Waals surface area contributed by atoms with Crippen LogP contribution in [0, 0.1) is 12.7 Å². The van der Waals surface area contributed by atoms with Gasteiger partial charge in [0.1, 0.15) is 5.82 Å². The van der Waals surface area contributed by atoms with Crippen molar-refractivity contribution in [2.75, 3.05) is 4.72 Å². The summed E-state index contributed by atoms with van der Waals surface area (Å²) in [7, 11) is -3.74. The highest BCUT2D eigenvalue weighted by molar-refractivity contribution is 7.92. The first-order chi connectivity index (χ1) is 8.88. The fourth-order valence-electron chi connectivity index (χ4n) is 1.55. The van der Waals surface area contributed by atoms with Crippen molar-refractivity contribution in [2.45, 2.75) is 11.8 Å². The van der Waals surface area contributed by atoms with Crippen molar-refractivity contribution in [2.24, 2.45) is 0 Å². The summed E-state index contributed by atoms with van der Waals surface area (Å²) in [4.78, 5) is 0.0821. The summed E-state index contributed by atoms with van der Waals surface area (Å²) in [5, 5.41) is 0.490. The average molecular weight is 300 g/mol. The molecule has 0 spiro atoms. The lowest BCUT2D eigenvalue weighted by molar-refractivity contribution is 0.601. The number of aryl methyl sites for hydroxylation is 1. The third-order valence-corrected chi connectivity index (χ3v) is 4.32. The second kappa shape index (κ2) is 5.19. The lowest BCUT2D eigenvalue weighted by Crippen LogP contribution is -2.13. The summed E-state index contributed by atoms with van der Waals surface area (Å²) in [5.74, 6) is -0.507. The Morgan fingerprint density at radius 2 is 1.89 bits per heavy atom. The summed E-state index contributed by atoms with van der Waals surface area (Å²) in [6.45, 7) is 1.71. The van der Waals surface area contributed by atoms with Crippen LogP contribution in [0.5, 0.6) is 0 Å². The Balaban J connectivity index is 2.35. The molecule has 0 radical (unpaired) electrons. The quantitative estimate of drug-likeness (QED) is 0.941. The normalized spacial score (nSPS) is 11.3. The monoisotopic (exact) mass is 299 g/mol. The molecule has 6 heteroatoms. The molecule has 100 valence electrons. The van der Waals surface area contributed by atoms with Crippen LogP contribution < -0.4 is 4.72 Å². The van der Waals surface area contributed by atoms with Crippen LogP contribution in [0.3, 0.4) is 0 Å². The van der Waals surface area contributed by atoms with Crippen LogP contribution in [0.4, 0.5) is 10.1 Å². The van der Waals surface area contributed by atoms with E-state index in [0.717, 1.165) is 6.07 Å². The maximum atomic E-state index is 13.0. The van der Waals surface area contributed by atoms with Gasteiger partial charge in [0, 0.05) is 5.02 Å². The zero-order valence-corrected chi connectivity index (χ0v) is 11.6. The van der Waals surface area contributed by atoms with E-state index < -0.39 is 15.8 Å². The summed E-state index contributed by atoms with van der Waals surface area (Å²) in [5.41, 5.74) is 0.830. The standard InChI is InChI=1S/C13H11ClFNO2S/c1-9-7-12(5-6-13(9)14)19(17,18)16-11-4-2-3-10(15)8-11/h2-8,16H,1H3. The van der Waals surface area contributed by atoms with Crippen molar-refractivity contribution >= 4 is 27.3 Å². The molecule has 0 heterocycles. The Morgan fingerprint density at radius 3 is 2.53 bits per heavy atom. The van der Waals surface area contributed by atoms with Gasteiger partial charge in [-0.2, -0.15) is 0 Å². The minimum absolute atomic E-state index is 0.0821. The van der Waals surface area contributed by atoms with Gasteiger partial charge in [-0.3, -0.25) is 4.72 Å². The van der Waals surface area contributed by atoms with Crippen molar-refractivity contribution in [1.29, 1.82) is 0 Å². The minimum atomic E-state index is -3.74. The zero-order chi connectivity index (χ0) is 14.0. The number of hydrogen-bond acceptors (Lipinski definition) is 2. The van der Waals surface area contributed by atoms with Crippen molar-refractivity contribution in [3.63, 3.8) is 0 Å². The molecule has 2 rings (SSSR count). The highest BCUT2D eigenvalue weighted by Gasteiger charge is 2.15. The van der Waals surface area contributed by atoms with Crippen molar-refractivity contribution in [3.05, 3.63) is 58.9 Å². The molecule has 0 aromatic heterocycles. The van der Waals surface area contributed by atoms with Crippen LogP contribution in [-0.2, 0) is 10.0 Å². The maximum Gasteiger partial charge on any atom is 0.261 e. The average Bonchev–Trinajstić information content (AvgIpc) is 2.32. The predicted octanol–water partition coefficient (Wildman–Crippen LogP) is 3.59. The van der Waals surface area contributed by atoms with E-state index in [-0.39, 0.29) is 10.6 Å². The van der Waals surface area contributed by atoms with Gasteiger partial charge >= 0.3 is 0 Å². The van der Waals surface area contributed by atoms with Gasteiger partial charge in [-0.15, -0.1) is 0 Å². The molecule has 0 saturated carbocycles. The van der Waals surface area contributed by atoms with Crippen LogP contribution in [-0.4, -0.2) is 8.42 Å². The zero-order valence-electron chi connectivity index (χ0n) is 10.0. The lowest BCUT2D eigenvalue weighted by Gasteiger charge is -2.09. The Labute approximate surface area is 116 Å². The summed E-state index contributed by atoms with van der Waals surface area (Å²) >= 11 is 5.85. The molecule has 19 heavy (non-hydrogen) atoms. The molecule has 2 aromatic carbocycles. The van der Waals surface area contributed by atoms with Gasteiger partial charge in [0.05, 0.1) is 10.6 Å². The van der Waals surface area contributed by atoms with Crippen LogP contribution in [0.2, 0.25) is 5.02 Å². The van der Waals surface area contributed by atoms with E-state index in [1.54, 1.807) is 6.92 Å². The van der Waals surface area contributed by atoms with Gasteiger partial charge in [0.25, 0.3) is 10.0 Å². The van der Waals surface area contributed by atoms with E-state index in [0.29, 0.717) is 10.6 Å². The molecule has 0 aliphatic carbocycles. The van der Waals surface area contributed by atoms with E-state index in [1.807, 2.05) is 0 Å². The molecule has 0 bridgehead atoms. The second-order valence-corrected chi connectivity index (χ2v) is 6.12. The van der Waals surface area contributed by atoms with E-state index in [4.69, 9.17) is 11.6 Å². The number of rotatable bonds is 3. The molecule has 0 aliphatic heterocycles. The Morgan fingerprint density at radius 1 is 1.16 bits per heavy atom. The third kappa shape index (κ3) is 3.24. The molecule has 0 amide bonds. The van der Waals surface area contributed by atoms with Gasteiger partial charge in [-0.1, -0.05) is 17.7 Å². The van der Waals surface area contributed by atoms with E-state index in [2.05, 4.69) is 4.72 Å². The number of benzene rings is 2. The molecule has 2 aromatic rings.